The quantitative estimate of drug-likeness (QED) is 0.479. The minimum absolute atomic E-state index is 0.0432. The Labute approximate surface area is 129 Å². The Balaban J connectivity index is 3.51. The first-order valence-corrected chi connectivity index (χ1v) is 7.10. The summed E-state index contributed by atoms with van der Waals surface area (Å²) in [4.78, 5) is 32.6. The van der Waals surface area contributed by atoms with Gasteiger partial charge in [-0.3, -0.25) is 4.79 Å². The first kappa shape index (κ1) is 20.0. The third kappa shape index (κ3) is 13.0. The van der Waals surface area contributed by atoms with Crippen LogP contribution in [0.2, 0.25) is 0 Å². The third-order valence-corrected chi connectivity index (χ3v) is 2.33. The average molecular weight is 320 g/mol. The van der Waals surface area contributed by atoms with Crippen LogP contribution in [0.3, 0.4) is 0 Å². The molecular formula is C13H24N2O7. The average Bonchev–Trinajstić information content (AvgIpc) is 2.46. The second-order valence-electron chi connectivity index (χ2n) is 4.35. The predicted octanol–water partition coefficient (Wildman–Crippen LogP) is 0.729. The SMILES string of the molecule is CCOC(=O)NCCNC(=O)OCC(C)OCCCC(=O)O. The predicted molar refractivity (Wildman–Crippen MR) is 76.7 cm³/mol. The highest BCUT2D eigenvalue weighted by Gasteiger charge is 2.08. The maximum Gasteiger partial charge on any atom is 0.407 e. The summed E-state index contributed by atoms with van der Waals surface area (Å²) in [6.07, 6.45) is -1.03. The van der Waals surface area contributed by atoms with Gasteiger partial charge in [-0.1, -0.05) is 0 Å². The number of alkyl carbamates (subject to hydrolysis) is 2. The molecule has 1 atom stereocenters. The summed E-state index contributed by atoms with van der Waals surface area (Å²) in [6.45, 7) is 4.49. The third-order valence-electron chi connectivity index (χ3n) is 2.33. The van der Waals surface area contributed by atoms with Crippen molar-refractivity contribution >= 4 is 18.2 Å². The van der Waals surface area contributed by atoms with E-state index in [2.05, 4.69) is 15.4 Å². The monoisotopic (exact) mass is 320 g/mol. The number of hydrogen-bond donors (Lipinski definition) is 3. The lowest BCUT2D eigenvalue weighted by atomic mass is 10.3. The van der Waals surface area contributed by atoms with Crippen LogP contribution in [0.5, 0.6) is 0 Å². The number of nitrogens with one attached hydrogen (secondary N) is 2. The van der Waals surface area contributed by atoms with E-state index in [0.29, 0.717) is 13.0 Å². The molecule has 0 saturated carbocycles. The minimum Gasteiger partial charge on any atom is -0.481 e. The standard InChI is InChI=1S/C13H24N2O7/c1-3-20-12(18)14-6-7-15-13(19)22-9-10(2)21-8-4-5-11(16)17/h10H,3-9H2,1-2H3,(H,14,18)(H,15,19)(H,16,17). The van der Waals surface area contributed by atoms with Crippen molar-refractivity contribution in [1.82, 2.24) is 10.6 Å². The summed E-state index contributed by atoms with van der Waals surface area (Å²) in [5, 5.41) is 13.4. The molecule has 0 aromatic carbocycles. The van der Waals surface area contributed by atoms with Crippen molar-refractivity contribution in [1.29, 1.82) is 0 Å². The molecule has 0 spiro atoms. The van der Waals surface area contributed by atoms with E-state index in [-0.39, 0.29) is 38.8 Å². The van der Waals surface area contributed by atoms with Crippen LogP contribution >= 0.6 is 0 Å². The van der Waals surface area contributed by atoms with Gasteiger partial charge in [-0.25, -0.2) is 9.59 Å². The van der Waals surface area contributed by atoms with Crippen LogP contribution < -0.4 is 10.6 Å². The molecule has 0 aliphatic carbocycles. The highest BCUT2D eigenvalue weighted by atomic mass is 16.6. The van der Waals surface area contributed by atoms with Gasteiger partial charge in [0.25, 0.3) is 0 Å². The Kier molecular flexibility index (Phi) is 11.5. The molecule has 0 radical (unpaired) electrons. The van der Waals surface area contributed by atoms with Crippen LogP contribution in [-0.4, -0.2) is 62.3 Å². The van der Waals surface area contributed by atoms with Crippen LogP contribution in [0.15, 0.2) is 0 Å². The number of amides is 2. The molecule has 9 heteroatoms. The molecule has 0 aromatic rings. The van der Waals surface area contributed by atoms with E-state index < -0.39 is 18.2 Å². The molecule has 0 rings (SSSR count). The number of carbonyl (C=O) groups is 3. The van der Waals surface area contributed by atoms with Crippen LogP contribution in [-0.2, 0) is 19.0 Å². The fourth-order valence-electron chi connectivity index (χ4n) is 1.31. The number of carboxylic acids is 1. The van der Waals surface area contributed by atoms with E-state index in [1.807, 2.05) is 0 Å². The summed E-state index contributed by atoms with van der Waals surface area (Å²) in [5.41, 5.74) is 0. The molecule has 0 heterocycles. The van der Waals surface area contributed by atoms with E-state index in [0.717, 1.165) is 0 Å². The number of rotatable bonds is 11. The van der Waals surface area contributed by atoms with Crippen molar-refractivity contribution in [2.45, 2.75) is 32.8 Å². The zero-order valence-corrected chi connectivity index (χ0v) is 12.9. The Hall–Kier alpha value is -2.03. The van der Waals surface area contributed by atoms with Gasteiger partial charge < -0.3 is 30.0 Å². The summed E-state index contributed by atoms with van der Waals surface area (Å²) in [6, 6.07) is 0. The Morgan fingerprint density at radius 2 is 1.68 bits per heavy atom. The summed E-state index contributed by atoms with van der Waals surface area (Å²) in [7, 11) is 0. The molecule has 128 valence electrons. The van der Waals surface area contributed by atoms with E-state index in [1.165, 1.54) is 0 Å². The molecule has 2 amide bonds. The summed E-state index contributed by atoms with van der Waals surface area (Å²) >= 11 is 0. The van der Waals surface area contributed by atoms with Crippen molar-refractivity contribution in [3.05, 3.63) is 0 Å². The topological polar surface area (TPSA) is 123 Å². The molecule has 0 aliphatic rings. The summed E-state index contributed by atoms with van der Waals surface area (Å²) in [5.74, 6) is -0.872. The van der Waals surface area contributed by atoms with Gasteiger partial charge in [0.1, 0.15) is 6.61 Å². The van der Waals surface area contributed by atoms with Gasteiger partial charge in [-0.15, -0.1) is 0 Å². The number of hydrogen-bond acceptors (Lipinski definition) is 6. The Morgan fingerprint density at radius 1 is 1.09 bits per heavy atom. The first-order chi connectivity index (χ1) is 10.5. The fraction of sp³-hybridized carbons (Fsp3) is 0.769. The molecule has 3 N–H and O–H groups in total. The second-order valence-corrected chi connectivity index (χ2v) is 4.35. The van der Waals surface area contributed by atoms with E-state index in [9.17, 15) is 14.4 Å². The highest BCUT2D eigenvalue weighted by molar-refractivity contribution is 5.68. The number of carboxylic acid groups (broad SMARTS) is 1. The smallest absolute Gasteiger partial charge is 0.407 e. The zero-order valence-electron chi connectivity index (χ0n) is 12.9. The Morgan fingerprint density at radius 3 is 2.23 bits per heavy atom. The van der Waals surface area contributed by atoms with E-state index >= 15 is 0 Å². The van der Waals surface area contributed by atoms with Crippen LogP contribution in [0, 0.1) is 0 Å². The lowest BCUT2D eigenvalue weighted by molar-refractivity contribution is -0.137. The maximum atomic E-state index is 11.3. The maximum absolute atomic E-state index is 11.3. The number of aliphatic carboxylic acids is 1. The summed E-state index contributed by atoms with van der Waals surface area (Å²) < 4.78 is 14.8. The van der Waals surface area contributed by atoms with Crippen LogP contribution in [0.25, 0.3) is 0 Å². The van der Waals surface area contributed by atoms with Gasteiger partial charge in [0.2, 0.25) is 0 Å². The van der Waals surface area contributed by atoms with Crippen molar-refractivity contribution in [3.8, 4) is 0 Å². The molecular weight excluding hydrogens is 296 g/mol. The lowest BCUT2D eigenvalue weighted by Crippen LogP contribution is -2.36. The molecule has 0 fully saturated rings. The van der Waals surface area contributed by atoms with Crippen molar-refractivity contribution < 1.29 is 33.7 Å². The van der Waals surface area contributed by atoms with Gasteiger partial charge in [0, 0.05) is 26.1 Å². The minimum atomic E-state index is -0.872. The van der Waals surface area contributed by atoms with Crippen molar-refractivity contribution in [2.24, 2.45) is 0 Å². The lowest BCUT2D eigenvalue weighted by Gasteiger charge is -2.13. The first-order valence-electron chi connectivity index (χ1n) is 7.10. The fourth-order valence-corrected chi connectivity index (χ4v) is 1.31. The largest absolute Gasteiger partial charge is 0.481 e. The van der Waals surface area contributed by atoms with Gasteiger partial charge in [-0.2, -0.15) is 0 Å². The molecule has 0 bridgehead atoms. The van der Waals surface area contributed by atoms with Gasteiger partial charge in [0.05, 0.1) is 12.7 Å². The molecule has 0 aliphatic heterocycles. The van der Waals surface area contributed by atoms with Crippen molar-refractivity contribution in [2.75, 3.05) is 32.9 Å². The highest BCUT2D eigenvalue weighted by Crippen LogP contribution is 1.96. The number of carbonyl (C=O) groups excluding carboxylic acids is 2. The van der Waals surface area contributed by atoms with Crippen LogP contribution in [0.4, 0.5) is 9.59 Å². The molecule has 0 aromatic heterocycles. The van der Waals surface area contributed by atoms with Crippen molar-refractivity contribution in [3.63, 3.8) is 0 Å². The molecule has 0 saturated heterocycles. The molecule has 22 heavy (non-hydrogen) atoms. The van der Waals surface area contributed by atoms with Crippen LogP contribution in [0.1, 0.15) is 26.7 Å². The Bertz CT molecular complexity index is 349. The normalized spacial score (nSPS) is 11.4. The van der Waals surface area contributed by atoms with Gasteiger partial charge in [0.15, 0.2) is 0 Å². The second kappa shape index (κ2) is 12.7. The zero-order chi connectivity index (χ0) is 16.8. The molecule has 9 nitrogen and oxygen atoms in total. The van der Waals surface area contributed by atoms with E-state index in [4.69, 9.17) is 14.6 Å². The van der Waals surface area contributed by atoms with Gasteiger partial charge >= 0.3 is 18.2 Å². The van der Waals surface area contributed by atoms with Gasteiger partial charge in [-0.05, 0) is 20.3 Å². The molecule has 1 unspecified atom stereocenters. The number of ether oxygens (including phenoxy) is 3. The van der Waals surface area contributed by atoms with E-state index in [1.54, 1.807) is 13.8 Å².